The summed E-state index contributed by atoms with van der Waals surface area (Å²) in [7, 11) is 1.71. The summed E-state index contributed by atoms with van der Waals surface area (Å²) in [5.41, 5.74) is 2.28. The van der Waals surface area contributed by atoms with Gasteiger partial charge in [0, 0.05) is 19.9 Å². The van der Waals surface area contributed by atoms with Crippen LogP contribution in [0, 0.1) is 6.92 Å². The maximum Gasteiger partial charge on any atom is 0.0715 e. The Balaban J connectivity index is 2.50. The smallest absolute Gasteiger partial charge is 0.0715 e. The molecule has 3 nitrogen and oxygen atoms in total. The molecular weight excluding hydrogens is 164 g/mol. The number of anilines is 1. The monoisotopic (exact) mass is 180 g/mol. The van der Waals surface area contributed by atoms with E-state index in [1.54, 1.807) is 13.3 Å². The molecule has 0 amide bonds. The van der Waals surface area contributed by atoms with Crippen molar-refractivity contribution in [1.29, 1.82) is 0 Å². The molecule has 0 radical (unpaired) electrons. The van der Waals surface area contributed by atoms with Crippen molar-refractivity contribution in [3.05, 3.63) is 24.0 Å². The van der Waals surface area contributed by atoms with Gasteiger partial charge >= 0.3 is 0 Å². The summed E-state index contributed by atoms with van der Waals surface area (Å²) in [5, 5.41) is 3.28. The van der Waals surface area contributed by atoms with Crippen molar-refractivity contribution < 1.29 is 4.74 Å². The summed E-state index contributed by atoms with van der Waals surface area (Å²) in [6.45, 7) is 4.89. The van der Waals surface area contributed by atoms with Crippen molar-refractivity contribution in [2.45, 2.75) is 20.0 Å². The Bertz CT molecular complexity index is 263. The molecule has 0 fully saturated rings. The van der Waals surface area contributed by atoms with E-state index in [9.17, 15) is 0 Å². The quantitative estimate of drug-likeness (QED) is 0.767. The van der Waals surface area contributed by atoms with E-state index in [1.165, 1.54) is 5.56 Å². The molecule has 0 bridgehead atoms. The number of aryl methyl sites for hydroxylation is 1. The predicted octanol–water partition coefficient (Wildman–Crippen LogP) is 1.84. The number of hydrogen-bond donors (Lipinski definition) is 1. The molecule has 0 saturated carbocycles. The normalized spacial score (nSPS) is 12.5. The van der Waals surface area contributed by atoms with Crippen LogP contribution in [0.2, 0.25) is 0 Å². The highest BCUT2D eigenvalue weighted by atomic mass is 16.5. The fraction of sp³-hybridized carbons (Fsp3) is 0.500. The second-order valence-corrected chi connectivity index (χ2v) is 3.12. The van der Waals surface area contributed by atoms with Crippen molar-refractivity contribution in [3.63, 3.8) is 0 Å². The molecular formula is C10H16N2O. The van der Waals surface area contributed by atoms with E-state index < -0.39 is 0 Å². The third-order valence-corrected chi connectivity index (χ3v) is 2.02. The van der Waals surface area contributed by atoms with Crippen LogP contribution in [-0.2, 0) is 4.74 Å². The molecule has 1 aromatic rings. The number of rotatable bonds is 4. The second-order valence-electron chi connectivity index (χ2n) is 3.12. The van der Waals surface area contributed by atoms with Crippen molar-refractivity contribution in [2.24, 2.45) is 0 Å². The van der Waals surface area contributed by atoms with Gasteiger partial charge in [0.05, 0.1) is 18.0 Å². The van der Waals surface area contributed by atoms with E-state index in [4.69, 9.17) is 4.74 Å². The lowest BCUT2D eigenvalue weighted by molar-refractivity contribution is 0.129. The van der Waals surface area contributed by atoms with Crippen molar-refractivity contribution in [2.75, 3.05) is 19.0 Å². The summed E-state index contributed by atoms with van der Waals surface area (Å²) in [6.07, 6.45) is 3.84. The van der Waals surface area contributed by atoms with Crippen LogP contribution in [0.1, 0.15) is 12.5 Å². The topological polar surface area (TPSA) is 34.1 Å². The molecule has 0 aromatic carbocycles. The molecule has 1 unspecified atom stereocenters. The molecule has 0 saturated heterocycles. The van der Waals surface area contributed by atoms with Gasteiger partial charge in [0.15, 0.2) is 0 Å². The maximum absolute atomic E-state index is 5.13. The number of aromatic nitrogens is 1. The van der Waals surface area contributed by atoms with Crippen LogP contribution in [0.5, 0.6) is 0 Å². The van der Waals surface area contributed by atoms with Gasteiger partial charge in [-0.15, -0.1) is 0 Å². The van der Waals surface area contributed by atoms with E-state index in [2.05, 4.69) is 17.2 Å². The molecule has 0 aliphatic rings. The molecule has 3 heteroatoms. The molecule has 1 rings (SSSR count). The van der Waals surface area contributed by atoms with Crippen LogP contribution >= 0.6 is 0 Å². The standard InChI is InChI=1S/C10H16N2O/c1-8-4-5-11-7-10(8)12-6-9(2)13-3/h4-5,7,9,12H,6H2,1-3H3. The number of ether oxygens (including phenoxy) is 1. The minimum absolute atomic E-state index is 0.222. The third-order valence-electron chi connectivity index (χ3n) is 2.02. The summed E-state index contributed by atoms with van der Waals surface area (Å²) in [6, 6.07) is 1.99. The van der Waals surface area contributed by atoms with Gasteiger partial charge in [-0.1, -0.05) is 0 Å². The van der Waals surface area contributed by atoms with E-state index in [-0.39, 0.29) is 6.10 Å². The minimum atomic E-state index is 0.222. The largest absolute Gasteiger partial charge is 0.381 e. The molecule has 1 N–H and O–H groups in total. The lowest BCUT2D eigenvalue weighted by Gasteiger charge is -2.12. The summed E-state index contributed by atoms with van der Waals surface area (Å²) in [4.78, 5) is 4.05. The van der Waals surface area contributed by atoms with Crippen LogP contribution in [0.4, 0.5) is 5.69 Å². The fourth-order valence-corrected chi connectivity index (χ4v) is 0.986. The summed E-state index contributed by atoms with van der Waals surface area (Å²) < 4.78 is 5.13. The van der Waals surface area contributed by atoms with Gasteiger partial charge in [-0.2, -0.15) is 0 Å². The predicted molar refractivity (Wildman–Crippen MR) is 53.9 cm³/mol. The minimum Gasteiger partial charge on any atom is -0.381 e. The Morgan fingerprint density at radius 1 is 1.62 bits per heavy atom. The average Bonchev–Trinajstić information content (AvgIpc) is 2.16. The van der Waals surface area contributed by atoms with Crippen LogP contribution in [0.15, 0.2) is 18.5 Å². The highest BCUT2D eigenvalue weighted by Crippen LogP contribution is 2.10. The van der Waals surface area contributed by atoms with E-state index >= 15 is 0 Å². The third kappa shape index (κ3) is 3.03. The number of nitrogens with zero attached hydrogens (tertiary/aromatic N) is 1. The zero-order chi connectivity index (χ0) is 9.68. The lowest BCUT2D eigenvalue weighted by atomic mass is 10.2. The molecule has 72 valence electrons. The zero-order valence-corrected chi connectivity index (χ0v) is 8.37. The Hall–Kier alpha value is -1.09. The Morgan fingerprint density at radius 2 is 2.38 bits per heavy atom. The Kier molecular flexibility index (Phi) is 3.71. The summed E-state index contributed by atoms with van der Waals surface area (Å²) in [5.74, 6) is 0. The van der Waals surface area contributed by atoms with E-state index in [1.807, 2.05) is 19.2 Å². The first-order valence-corrected chi connectivity index (χ1v) is 4.41. The number of methoxy groups -OCH3 is 1. The van der Waals surface area contributed by atoms with E-state index in [0.717, 1.165) is 12.2 Å². The van der Waals surface area contributed by atoms with Crippen LogP contribution in [0.3, 0.4) is 0 Å². The number of nitrogens with one attached hydrogen (secondary N) is 1. The van der Waals surface area contributed by atoms with Crippen molar-refractivity contribution in [1.82, 2.24) is 4.98 Å². The van der Waals surface area contributed by atoms with Gasteiger partial charge < -0.3 is 10.1 Å². The molecule has 13 heavy (non-hydrogen) atoms. The van der Waals surface area contributed by atoms with Gasteiger partial charge in [0.25, 0.3) is 0 Å². The molecule has 1 atom stereocenters. The van der Waals surface area contributed by atoms with Crippen LogP contribution in [-0.4, -0.2) is 24.7 Å². The molecule has 0 aliphatic heterocycles. The second kappa shape index (κ2) is 4.82. The maximum atomic E-state index is 5.13. The van der Waals surface area contributed by atoms with Gasteiger partial charge in [-0.25, -0.2) is 0 Å². The average molecular weight is 180 g/mol. The SMILES string of the molecule is COC(C)CNc1cnccc1C. The first-order valence-electron chi connectivity index (χ1n) is 4.41. The van der Waals surface area contributed by atoms with Gasteiger partial charge in [0.2, 0.25) is 0 Å². The Labute approximate surface area is 79.1 Å². The fourth-order valence-electron chi connectivity index (χ4n) is 0.986. The van der Waals surface area contributed by atoms with Gasteiger partial charge in [0.1, 0.15) is 0 Å². The Morgan fingerprint density at radius 3 is 3.00 bits per heavy atom. The van der Waals surface area contributed by atoms with E-state index in [0.29, 0.717) is 0 Å². The van der Waals surface area contributed by atoms with Gasteiger partial charge in [-0.05, 0) is 25.5 Å². The molecule has 0 aliphatic carbocycles. The first-order chi connectivity index (χ1) is 6.24. The number of hydrogen-bond acceptors (Lipinski definition) is 3. The van der Waals surface area contributed by atoms with Crippen molar-refractivity contribution >= 4 is 5.69 Å². The molecule has 1 aromatic heterocycles. The van der Waals surface area contributed by atoms with Gasteiger partial charge in [-0.3, -0.25) is 4.98 Å². The number of pyridine rings is 1. The summed E-state index contributed by atoms with van der Waals surface area (Å²) >= 11 is 0. The highest BCUT2D eigenvalue weighted by Gasteiger charge is 2.00. The van der Waals surface area contributed by atoms with Crippen LogP contribution in [0.25, 0.3) is 0 Å². The van der Waals surface area contributed by atoms with Crippen LogP contribution < -0.4 is 5.32 Å². The first kappa shape index (κ1) is 9.99. The highest BCUT2D eigenvalue weighted by molar-refractivity contribution is 5.47. The lowest BCUT2D eigenvalue weighted by Crippen LogP contribution is -2.18. The molecule has 0 spiro atoms. The zero-order valence-electron chi connectivity index (χ0n) is 8.37. The van der Waals surface area contributed by atoms with Crippen molar-refractivity contribution in [3.8, 4) is 0 Å². The molecule has 1 heterocycles.